The van der Waals surface area contributed by atoms with Crippen molar-refractivity contribution in [1.29, 1.82) is 0 Å². The van der Waals surface area contributed by atoms with Crippen molar-refractivity contribution < 1.29 is 24.4 Å². The maximum atomic E-state index is 10.9. The third-order valence-electron chi connectivity index (χ3n) is 7.81. The van der Waals surface area contributed by atoms with Crippen molar-refractivity contribution >= 4 is 11.6 Å². The van der Waals surface area contributed by atoms with Gasteiger partial charge in [-0.2, -0.15) is 0 Å². The third kappa shape index (κ3) is 3.35. The highest BCUT2D eigenvalue weighted by atomic mass is 35.5. The molecule has 1 aromatic carbocycles. The molecule has 160 valence electrons. The van der Waals surface area contributed by atoms with E-state index in [2.05, 4.69) is 13.0 Å². The van der Waals surface area contributed by atoms with E-state index in [4.69, 9.17) is 30.8 Å². The number of ether oxygens (including phenoxy) is 2. The van der Waals surface area contributed by atoms with Gasteiger partial charge in [0, 0.05) is 23.3 Å². The van der Waals surface area contributed by atoms with Crippen LogP contribution in [0.1, 0.15) is 57.9 Å². The minimum atomic E-state index is -0.837. The van der Waals surface area contributed by atoms with Crippen LogP contribution in [0.25, 0.3) is 0 Å². The van der Waals surface area contributed by atoms with Gasteiger partial charge in [-0.1, -0.05) is 30.7 Å². The molecule has 6 heteroatoms. The molecule has 4 saturated heterocycles. The number of aryl methyl sites for hydroxylation is 1. The lowest BCUT2D eigenvalue weighted by Gasteiger charge is -2.60. The average Bonchev–Trinajstić information content (AvgIpc) is 2.91. The first-order valence-electron chi connectivity index (χ1n) is 11.0. The molecule has 5 fully saturated rings. The number of hydrogen-bond acceptors (Lipinski definition) is 5. The Morgan fingerprint density at radius 2 is 2.03 bits per heavy atom. The molecule has 8 atom stereocenters. The first kappa shape index (κ1) is 20.2. The van der Waals surface area contributed by atoms with Crippen molar-refractivity contribution in [1.82, 2.24) is 0 Å². The summed E-state index contributed by atoms with van der Waals surface area (Å²) in [5.74, 6) is 0.219. The zero-order valence-electron chi connectivity index (χ0n) is 17.2. The largest absolute Gasteiger partial charge is 0.368 e. The molecule has 1 aliphatic carbocycles. The molecule has 1 N–H and O–H groups in total. The highest BCUT2D eigenvalue weighted by molar-refractivity contribution is 6.30. The Labute approximate surface area is 177 Å². The Morgan fingerprint density at radius 3 is 2.86 bits per heavy atom. The smallest absolute Gasteiger partial charge is 0.201 e. The topological polar surface area (TPSA) is 57.2 Å². The molecule has 1 aromatic rings. The van der Waals surface area contributed by atoms with E-state index in [0.717, 1.165) is 50.0 Å². The van der Waals surface area contributed by atoms with Crippen molar-refractivity contribution in [2.75, 3.05) is 0 Å². The van der Waals surface area contributed by atoms with Gasteiger partial charge in [-0.05, 0) is 75.0 Å². The maximum absolute atomic E-state index is 10.9. The second-order valence-electron chi connectivity index (χ2n) is 9.62. The molecule has 6 rings (SSSR count). The molecule has 2 bridgehead atoms. The first-order valence-corrected chi connectivity index (χ1v) is 11.4. The van der Waals surface area contributed by atoms with Gasteiger partial charge < -0.3 is 14.6 Å². The predicted molar refractivity (Wildman–Crippen MR) is 108 cm³/mol. The van der Waals surface area contributed by atoms with Gasteiger partial charge in [0.05, 0.1) is 0 Å². The molecular weight excluding hydrogens is 392 g/mol. The summed E-state index contributed by atoms with van der Waals surface area (Å²) in [7, 11) is 0. The van der Waals surface area contributed by atoms with E-state index in [1.165, 1.54) is 5.56 Å². The van der Waals surface area contributed by atoms with Gasteiger partial charge in [-0.3, -0.25) is 0 Å². The lowest BCUT2D eigenvalue weighted by Crippen LogP contribution is -2.70. The van der Waals surface area contributed by atoms with Crippen molar-refractivity contribution in [3.05, 3.63) is 34.9 Å². The average molecular weight is 423 g/mol. The van der Waals surface area contributed by atoms with Crippen molar-refractivity contribution in [2.45, 2.75) is 82.8 Å². The number of aliphatic hydroxyl groups excluding tert-OH is 1. The normalized spacial score (nSPS) is 46.2. The summed E-state index contributed by atoms with van der Waals surface area (Å²) < 4.78 is 12.3. The number of aliphatic hydroxyl groups is 1. The van der Waals surface area contributed by atoms with Crippen LogP contribution in [-0.2, 0) is 25.7 Å². The molecule has 4 heterocycles. The summed E-state index contributed by atoms with van der Waals surface area (Å²) in [4.78, 5) is 12.0. The Balaban J connectivity index is 1.37. The molecular formula is C23H31ClO5. The van der Waals surface area contributed by atoms with Crippen molar-refractivity contribution in [3.63, 3.8) is 0 Å². The second kappa shape index (κ2) is 7.47. The van der Waals surface area contributed by atoms with Crippen LogP contribution in [0.15, 0.2) is 24.3 Å². The van der Waals surface area contributed by atoms with Crippen LogP contribution in [0.4, 0.5) is 0 Å². The number of hydrogen-bond donors (Lipinski definition) is 1. The fourth-order valence-electron chi connectivity index (χ4n) is 6.32. The fraction of sp³-hybridized carbons (Fsp3) is 0.739. The van der Waals surface area contributed by atoms with E-state index >= 15 is 0 Å². The second-order valence-corrected chi connectivity index (χ2v) is 10.1. The summed E-state index contributed by atoms with van der Waals surface area (Å²) in [6.07, 6.45) is 5.28. The van der Waals surface area contributed by atoms with Crippen LogP contribution in [-0.4, -0.2) is 29.1 Å². The van der Waals surface area contributed by atoms with Crippen molar-refractivity contribution in [3.8, 4) is 0 Å². The third-order valence-corrected chi connectivity index (χ3v) is 8.05. The van der Waals surface area contributed by atoms with Gasteiger partial charge in [-0.15, -0.1) is 0 Å². The van der Waals surface area contributed by atoms with Crippen LogP contribution in [0.2, 0.25) is 5.02 Å². The van der Waals surface area contributed by atoms with Gasteiger partial charge >= 0.3 is 0 Å². The summed E-state index contributed by atoms with van der Waals surface area (Å²) in [6, 6.07) is 8.00. The summed E-state index contributed by atoms with van der Waals surface area (Å²) in [5.41, 5.74) is 0.605. The monoisotopic (exact) mass is 422 g/mol. The van der Waals surface area contributed by atoms with Crippen molar-refractivity contribution in [2.24, 2.45) is 23.7 Å². The molecule has 0 aromatic heterocycles. The van der Waals surface area contributed by atoms with Gasteiger partial charge in [0.1, 0.15) is 0 Å². The van der Waals surface area contributed by atoms with Gasteiger partial charge in [0.2, 0.25) is 5.79 Å². The van der Waals surface area contributed by atoms with E-state index in [9.17, 15) is 5.11 Å². The van der Waals surface area contributed by atoms with E-state index in [1.807, 2.05) is 25.1 Å². The highest BCUT2D eigenvalue weighted by Gasteiger charge is 2.69. The van der Waals surface area contributed by atoms with Gasteiger partial charge in [-0.25, -0.2) is 9.78 Å². The molecule has 1 spiro atoms. The quantitative estimate of drug-likeness (QED) is 0.703. The molecule has 1 unspecified atom stereocenters. The van der Waals surface area contributed by atoms with E-state index in [1.54, 1.807) is 0 Å². The van der Waals surface area contributed by atoms with E-state index in [-0.39, 0.29) is 11.8 Å². The van der Waals surface area contributed by atoms with Crippen LogP contribution >= 0.6 is 11.6 Å². The zero-order chi connectivity index (χ0) is 20.2. The minimum Gasteiger partial charge on any atom is -0.368 e. The number of halogens is 1. The Bertz CT molecular complexity index is 759. The number of fused-ring (bicyclic) bond motifs is 2. The van der Waals surface area contributed by atoms with Crippen LogP contribution < -0.4 is 0 Å². The molecule has 29 heavy (non-hydrogen) atoms. The van der Waals surface area contributed by atoms with E-state index in [0.29, 0.717) is 11.8 Å². The van der Waals surface area contributed by atoms with Gasteiger partial charge in [0.15, 0.2) is 18.2 Å². The first-order chi connectivity index (χ1) is 13.9. The van der Waals surface area contributed by atoms with Crippen LogP contribution in [0.3, 0.4) is 0 Å². The Morgan fingerprint density at radius 1 is 1.17 bits per heavy atom. The Hall–Kier alpha value is -0.690. The molecule has 5 nitrogen and oxygen atoms in total. The Kier molecular flexibility index (Phi) is 5.21. The number of benzene rings is 1. The molecule has 5 aliphatic rings. The summed E-state index contributed by atoms with van der Waals surface area (Å²) in [5, 5.41) is 11.7. The highest BCUT2D eigenvalue weighted by Crippen LogP contribution is 2.60. The predicted octanol–water partition coefficient (Wildman–Crippen LogP) is 4.84. The van der Waals surface area contributed by atoms with Crippen LogP contribution in [0, 0.1) is 23.7 Å². The maximum Gasteiger partial charge on any atom is 0.201 e. The molecule has 1 saturated carbocycles. The van der Waals surface area contributed by atoms with E-state index < -0.39 is 24.0 Å². The number of rotatable bonds is 4. The molecule has 0 amide bonds. The minimum absolute atomic E-state index is 0.00934. The lowest BCUT2D eigenvalue weighted by atomic mass is 9.57. The zero-order valence-corrected chi connectivity index (χ0v) is 17.9. The SMILES string of the molecule is C[C@@H]1CC[C@H]2[C@@H](CCCc3cccc(Cl)c3)C(O)O[C@@H]3O[C@@]4(C)CC[C@@H]1[C@]32OO4. The van der Waals surface area contributed by atoms with Crippen LogP contribution in [0.5, 0.6) is 0 Å². The van der Waals surface area contributed by atoms with Gasteiger partial charge in [0.25, 0.3) is 0 Å². The molecule has 4 aliphatic heterocycles. The lowest BCUT2D eigenvalue weighted by molar-refractivity contribution is -0.577. The standard InChI is InChI=1S/C23H31ClO5/c1-14-9-10-19-17(8-4-6-15-5-3-7-16(24)13-15)20(25)26-21-23(19)18(14)11-12-22(2,27-21)28-29-23/h3,5,7,13-14,17-21,25H,4,6,8-12H2,1-2H3/t14-,17-,18+,19+,20?,21-,22-,23-/m1/s1. The fourth-order valence-corrected chi connectivity index (χ4v) is 6.53. The molecule has 0 radical (unpaired) electrons. The summed E-state index contributed by atoms with van der Waals surface area (Å²) in [6.45, 7) is 4.21. The summed E-state index contributed by atoms with van der Waals surface area (Å²) >= 11 is 6.12.